The van der Waals surface area contributed by atoms with E-state index in [0.29, 0.717) is 6.04 Å². The van der Waals surface area contributed by atoms with Gasteiger partial charge in [0.25, 0.3) is 0 Å². The summed E-state index contributed by atoms with van der Waals surface area (Å²) < 4.78 is 10.7. The summed E-state index contributed by atoms with van der Waals surface area (Å²) >= 11 is 0. The third-order valence-electron chi connectivity index (χ3n) is 3.77. The molecule has 1 heterocycles. The van der Waals surface area contributed by atoms with Crippen molar-refractivity contribution in [2.45, 2.75) is 46.2 Å². The van der Waals surface area contributed by atoms with Crippen molar-refractivity contribution in [1.82, 2.24) is 10.5 Å². The third-order valence-corrected chi connectivity index (χ3v) is 3.77. The summed E-state index contributed by atoms with van der Waals surface area (Å²) in [5, 5.41) is 7.63. The van der Waals surface area contributed by atoms with Crippen molar-refractivity contribution in [3.63, 3.8) is 0 Å². The number of hydrogen-bond acceptors (Lipinski definition) is 4. The van der Waals surface area contributed by atoms with Crippen LogP contribution in [0.25, 0.3) is 0 Å². The molecule has 1 aromatic heterocycles. The van der Waals surface area contributed by atoms with E-state index in [1.54, 1.807) is 7.11 Å². The monoisotopic (exact) mass is 288 g/mol. The zero-order valence-electron chi connectivity index (χ0n) is 13.4. The van der Waals surface area contributed by atoms with Crippen LogP contribution in [-0.2, 0) is 6.42 Å². The van der Waals surface area contributed by atoms with Gasteiger partial charge in [0.15, 0.2) is 0 Å². The molecule has 0 saturated carbocycles. The van der Waals surface area contributed by atoms with Crippen LogP contribution in [0.15, 0.2) is 28.8 Å². The normalized spacial score (nSPS) is 14.0. The van der Waals surface area contributed by atoms with Crippen LogP contribution in [0, 0.1) is 13.8 Å². The van der Waals surface area contributed by atoms with Gasteiger partial charge in [0.05, 0.1) is 12.8 Å². The van der Waals surface area contributed by atoms with E-state index in [-0.39, 0.29) is 6.04 Å². The van der Waals surface area contributed by atoms with Gasteiger partial charge < -0.3 is 14.6 Å². The molecule has 2 unspecified atom stereocenters. The number of rotatable bonds is 6. The molecule has 0 radical (unpaired) electrons. The van der Waals surface area contributed by atoms with Crippen LogP contribution in [0.3, 0.4) is 0 Å². The van der Waals surface area contributed by atoms with Crippen LogP contribution in [0.2, 0.25) is 0 Å². The molecule has 0 spiro atoms. The fourth-order valence-electron chi connectivity index (χ4n) is 2.88. The SMILES string of the molecule is COc1ccccc1CC(C)NC(C)c1c(C)noc1C. The van der Waals surface area contributed by atoms with Crippen molar-refractivity contribution in [2.75, 3.05) is 7.11 Å². The highest BCUT2D eigenvalue weighted by Gasteiger charge is 2.18. The zero-order valence-corrected chi connectivity index (χ0v) is 13.4. The van der Waals surface area contributed by atoms with E-state index < -0.39 is 0 Å². The lowest BCUT2D eigenvalue weighted by Gasteiger charge is -2.21. The molecule has 0 amide bonds. The standard InChI is InChI=1S/C17H24N2O2/c1-11(10-15-8-6-7-9-16(15)20-5)18-12(2)17-13(3)19-21-14(17)4/h6-9,11-12,18H,10H2,1-5H3. The van der Waals surface area contributed by atoms with Gasteiger partial charge in [-0.25, -0.2) is 0 Å². The molecule has 0 fully saturated rings. The molecule has 1 N–H and O–H groups in total. The van der Waals surface area contributed by atoms with E-state index >= 15 is 0 Å². The zero-order chi connectivity index (χ0) is 15.4. The van der Waals surface area contributed by atoms with Gasteiger partial charge in [0.1, 0.15) is 11.5 Å². The second kappa shape index (κ2) is 6.76. The fraction of sp³-hybridized carbons (Fsp3) is 0.471. The second-order valence-corrected chi connectivity index (χ2v) is 5.54. The average Bonchev–Trinajstić information content (AvgIpc) is 2.78. The lowest BCUT2D eigenvalue weighted by Crippen LogP contribution is -2.31. The Hall–Kier alpha value is -1.81. The maximum Gasteiger partial charge on any atom is 0.138 e. The molecule has 4 heteroatoms. The van der Waals surface area contributed by atoms with Gasteiger partial charge in [-0.05, 0) is 45.7 Å². The molecule has 4 nitrogen and oxygen atoms in total. The van der Waals surface area contributed by atoms with Crippen LogP contribution in [0.5, 0.6) is 5.75 Å². The first-order valence-corrected chi connectivity index (χ1v) is 7.33. The summed E-state index contributed by atoms with van der Waals surface area (Å²) in [4.78, 5) is 0. The van der Waals surface area contributed by atoms with Gasteiger partial charge in [-0.15, -0.1) is 0 Å². The minimum Gasteiger partial charge on any atom is -0.496 e. The fourth-order valence-corrected chi connectivity index (χ4v) is 2.88. The molecule has 1 aromatic carbocycles. The smallest absolute Gasteiger partial charge is 0.138 e. The van der Waals surface area contributed by atoms with Crippen molar-refractivity contribution in [2.24, 2.45) is 0 Å². The highest BCUT2D eigenvalue weighted by Crippen LogP contribution is 2.23. The lowest BCUT2D eigenvalue weighted by atomic mass is 10.0. The topological polar surface area (TPSA) is 47.3 Å². The number of benzene rings is 1. The minimum absolute atomic E-state index is 0.209. The molecule has 2 atom stereocenters. The first kappa shape index (κ1) is 15.6. The van der Waals surface area contributed by atoms with E-state index in [2.05, 4.69) is 30.4 Å². The molecular weight excluding hydrogens is 264 g/mol. The van der Waals surface area contributed by atoms with Crippen molar-refractivity contribution in [1.29, 1.82) is 0 Å². The molecule has 21 heavy (non-hydrogen) atoms. The number of nitrogens with one attached hydrogen (secondary N) is 1. The lowest BCUT2D eigenvalue weighted by molar-refractivity contribution is 0.388. The molecule has 0 aliphatic carbocycles. The van der Waals surface area contributed by atoms with Crippen molar-refractivity contribution < 1.29 is 9.26 Å². The molecule has 114 valence electrons. The molecule has 2 rings (SSSR count). The number of ether oxygens (including phenoxy) is 1. The predicted octanol–water partition coefficient (Wildman–Crippen LogP) is 3.58. The number of aryl methyl sites for hydroxylation is 2. The number of aromatic nitrogens is 1. The second-order valence-electron chi connectivity index (χ2n) is 5.54. The number of nitrogens with zero attached hydrogens (tertiary/aromatic N) is 1. The van der Waals surface area contributed by atoms with Crippen LogP contribution in [0.1, 0.15) is 42.5 Å². The van der Waals surface area contributed by atoms with E-state index in [1.165, 1.54) is 5.56 Å². The van der Waals surface area contributed by atoms with E-state index in [1.807, 2.05) is 32.0 Å². The minimum atomic E-state index is 0.209. The molecule has 0 saturated heterocycles. The van der Waals surface area contributed by atoms with Crippen LogP contribution in [-0.4, -0.2) is 18.3 Å². The van der Waals surface area contributed by atoms with Crippen molar-refractivity contribution >= 4 is 0 Å². The van der Waals surface area contributed by atoms with Crippen molar-refractivity contribution in [3.05, 3.63) is 46.8 Å². The summed E-state index contributed by atoms with van der Waals surface area (Å²) in [5.74, 6) is 1.83. The van der Waals surface area contributed by atoms with Gasteiger partial charge in [-0.1, -0.05) is 23.4 Å². The maximum atomic E-state index is 5.41. The highest BCUT2D eigenvalue weighted by atomic mass is 16.5. The van der Waals surface area contributed by atoms with Crippen molar-refractivity contribution in [3.8, 4) is 5.75 Å². The molecule has 0 aliphatic rings. The predicted molar refractivity (Wildman–Crippen MR) is 83.7 cm³/mol. The quantitative estimate of drug-likeness (QED) is 0.882. The Bertz CT molecular complexity index is 573. The highest BCUT2D eigenvalue weighted by molar-refractivity contribution is 5.34. The first-order chi connectivity index (χ1) is 10.0. The Balaban J connectivity index is 2.03. The van der Waals surface area contributed by atoms with Crippen LogP contribution in [0.4, 0.5) is 0 Å². The van der Waals surface area contributed by atoms with Gasteiger partial charge in [0.2, 0.25) is 0 Å². The van der Waals surface area contributed by atoms with E-state index in [9.17, 15) is 0 Å². The Morgan fingerprint density at radius 3 is 2.57 bits per heavy atom. The van der Waals surface area contributed by atoms with Gasteiger partial charge >= 0.3 is 0 Å². The average molecular weight is 288 g/mol. The largest absolute Gasteiger partial charge is 0.496 e. The Morgan fingerprint density at radius 2 is 1.95 bits per heavy atom. The number of methoxy groups -OCH3 is 1. The summed E-state index contributed by atoms with van der Waals surface area (Å²) in [6.45, 7) is 8.26. The summed E-state index contributed by atoms with van der Waals surface area (Å²) in [6, 6.07) is 8.68. The summed E-state index contributed by atoms with van der Waals surface area (Å²) in [6.07, 6.45) is 0.914. The molecule has 0 aliphatic heterocycles. The summed E-state index contributed by atoms with van der Waals surface area (Å²) in [5.41, 5.74) is 3.32. The Labute approximate surface area is 126 Å². The Morgan fingerprint density at radius 1 is 1.24 bits per heavy atom. The summed E-state index contributed by atoms with van der Waals surface area (Å²) in [7, 11) is 1.71. The van der Waals surface area contributed by atoms with Crippen LogP contribution < -0.4 is 10.1 Å². The third kappa shape index (κ3) is 3.64. The van der Waals surface area contributed by atoms with Gasteiger partial charge in [-0.3, -0.25) is 0 Å². The van der Waals surface area contributed by atoms with E-state index in [4.69, 9.17) is 9.26 Å². The number of hydrogen-bond donors (Lipinski definition) is 1. The molecular formula is C17H24N2O2. The van der Waals surface area contributed by atoms with Crippen LogP contribution >= 0.6 is 0 Å². The molecule has 0 bridgehead atoms. The number of para-hydroxylation sites is 1. The maximum absolute atomic E-state index is 5.41. The molecule has 2 aromatic rings. The first-order valence-electron chi connectivity index (χ1n) is 7.33. The Kier molecular flexibility index (Phi) is 5.02. The van der Waals surface area contributed by atoms with Gasteiger partial charge in [0, 0.05) is 17.6 Å². The van der Waals surface area contributed by atoms with E-state index in [0.717, 1.165) is 29.2 Å². The van der Waals surface area contributed by atoms with Gasteiger partial charge in [-0.2, -0.15) is 0 Å².